The molecule has 348 valence electrons. The maximum Gasteiger partial charge on any atom is 0.276 e. The van der Waals surface area contributed by atoms with Crippen LogP contribution in [0.15, 0.2) is 81.5 Å². The average molecular weight is 899 g/mol. The summed E-state index contributed by atoms with van der Waals surface area (Å²) in [7, 11) is 0. The molecule has 0 bridgehead atoms. The molecule has 3 amide bonds. The predicted octanol–water partition coefficient (Wildman–Crippen LogP) is 4.03. The second-order valence-corrected chi connectivity index (χ2v) is 16.3. The summed E-state index contributed by atoms with van der Waals surface area (Å²) < 4.78 is 33.3. The van der Waals surface area contributed by atoms with Crippen molar-refractivity contribution in [2.75, 3.05) is 26.4 Å². The number of ether oxygens (including phenoxy) is 5. The summed E-state index contributed by atoms with van der Waals surface area (Å²) in [6.07, 6.45) is 6.32. The van der Waals surface area contributed by atoms with Gasteiger partial charge in [0.25, 0.3) is 17.7 Å². The quantitative estimate of drug-likeness (QED) is 0.303. The second-order valence-electron chi connectivity index (χ2n) is 16.3. The minimum absolute atomic E-state index is 0.0553. The highest BCUT2D eigenvalue weighted by molar-refractivity contribution is 5.97. The Kier molecular flexibility index (Phi) is 14.6. The predicted molar refractivity (Wildman–Crippen MR) is 237 cm³/mol. The lowest BCUT2D eigenvalue weighted by atomic mass is 10.1. The second kappa shape index (κ2) is 20.3. The molecule has 1 aromatic carbocycles. The Labute approximate surface area is 376 Å². The number of aromatic hydroxyl groups is 1. The number of aromatic nitrogens is 3. The van der Waals surface area contributed by atoms with Gasteiger partial charge in [-0.05, 0) is 52.5 Å². The van der Waals surface area contributed by atoms with Gasteiger partial charge in [-0.2, -0.15) is 0 Å². The molecule has 0 spiro atoms. The monoisotopic (exact) mass is 898 g/mol. The van der Waals surface area contributed by atoms with Gasteiger partial charge in [0.15, 0.2) is 53.0 Å². The van der Waals surface area contributed by atoms with Crippen LogP contribution in [-0.4, -0.2) is 114 Å². The van der Waals surface area contributed by atoms with Gasteiger partial charge in [0, 0.05) is 54.9 Å². The Hall–Kier alpha value is -6.24. The van der Waals surface area contributed by atoms with E-state index in [9.17, 15) is 33.9 Å². The maximum absolute atomic E-state index is 13.1. The molecule has 0 saturated carbocycles. The number of hydrogen-bond donors (Lipinski definition) is 1. The number of fused-ring (bicyclic) bond motifs is 6. The first-order chi connectivity index (χ1) is 31.4. The summed E-state index contributed by atoms with van der Waals surface area (Å²) in [6, 6.07) is 14.0. The number of carbonyl (C=O) groups is 3. The van der Waals surface area contributed by atoms with E-state index in [0.717, 1.165) is 24.8 Å². The van der Waals surface area contributed by atoms with Crippen molar-refractivity contribution in [1.82, 2.24) is 28.4 Å². The Bertz CT molecular complexity index is 2560. The SMILES string of the molecule is CC.CCOc1c2n(ccc1=O)C[C@@H]1OCC[C@@H](C)N1C2=O.C[C@@H]1CCO[C@H]2Cn3ccc(=O)c(O)c3C(=O)N12.C[C@@H]1CCO[C@H]2Cn3ccc(=O)c(OCc4ccccc4)c3C(=O)N12. The molecule has 0 aliphatic carbocycles. The number of benzene rings is 1. The van der Waals surface area contributed by atoms with Crippen LogP contribution in [0.2, 0.25) is 0 Å². The van der Waals surface area contributed by atoms with Crippen LogP contribution in [0.4, 0.5) is 0 Å². The van der Waals surface area contributed by atoms with Gasteiger partial charge in [-0.1, -0.05) is 44.2 Å². The standard InChI is InChI=1S/C19H20N2O4.C14H18N2O4.C12H14N2O4.C2H6/c1-13-8-10-24-16-11-20-9-7-15(22)18(17(20)19(23)21(13)16)25-12-14-5-3-2-4-6-14;1-3-19-13-10(17)4-6-15-8-11-16(14(18)12(13)15)9(2)5-7-20-11;1-7-3-5-18-9-6-13-4-2-8(15)11(16)10(13)12(17)14(7)9;1-2/h2-7,9,13,16H,8,10-12H2,1H3;4,6,9,11H,3,5,7-8H2,1-2H3;2,4,7,9,16H,3,5-6H2,1H3;1-2H3/t13-,16+;9-,11+;7-,9+;/m111./s1. The third kappa shape index (κ3) is 9.33. The molecule has 18 heteroatoms. The minimum atomic E-state index is -0.529. The van der Waals surface area contributed by atoms with Crippen molar-refractivity contribution in [2.45, 2.75) is 124 Å². The van der Waals surface area contributed by atoms with Gasteiger partial charge in [0.1, 0.15) is 6.61 Å². The summed E-state index contributed by atoms with van der Waals surface area (Å²) in [5.74, 6) is -0.935. The van der Waals surface area contributed by atoms with Crippen molar-refractivity contribution in [3.63, 3.8) is 0 Å². The van der Waals surface area contributed by atoms with E-state index in [-0.39, 0.29) is 89.2 Å². The zero-order chi connectivity index (χ0) is 46.5. The highest BCUT2D eigenvalue weighted by atomic mass is 16.5. The van der Waals surface area contributed by atoms with Crippen LogP contribution in [0.25, 0.3) is 0 Å². The van der Waals surface area contributed by atoms with Crippen LogP contribution in [0, 0.1) is 0 Å². The number of rotatable bonds is 5. The van der Waals surface area contributed by atoms with Gasteiger partial charge in [0.2, 0.25) is 16.3 Å². The Morgan fingerprint density at radius 3 is 1.37 bits per heavy atom. The summed E-state index contributed by atoms with van der Waals surface area (Å²) in [5.41, 5.74) is 0.607. The summed E-state index contributed by atoms with van der Waals surface area (Å²) >= 11 is 0. The minimum Gasteiger partial charge on any atom is -0.503 e. The molecule has 4 aromatic rings. The third-order valence-electron chi connectivity index (χ3n) is 12.2. The molecule has 65 heavy (non-hydrogen) atoms. The molecule has 3 aromatic heterocycles. The van der Waals surface area contributed by atoms with Gasteiger partial charge in [0.05, 0.1) is 46.1 Å². The number of amides is 3. The molecule has 6 atom stereocenters. The number of pyridine rings is 3. The Morgan fingerprint density at radius 1 is 0.554 bits per heavy atom. The topological polar surface area (TPSA) is 193 Å². The van der Waals surface area contributed by atoms with E-state index in [0.29, 0.717) is 57.4 Å². The lowest BCUT2D eigenvalue weighted by Gasteiger charge is -2.44. The molecule has 6 aliphatic heterocycles. The van der Waals surface area contributed by atoms with E-state index in [4.69, 9.17) is 23.7 Å². The van der Waals surface area contributed by atoms with Crippen molar-refractivity contribution in [3.05, 3.63) is 120 Å². The molecule has 3 saturated heterocycles. The fraction of sp³-hybridized carbons (Fsp3) is 0.489. The first-order valence-corrected chi connectivity index (χ1v) is 22.4. The van der Waals surface area contributed by atoms with Crippen LogP contribution in [0.5, 0.6) is 17.2 Å². The summed E-state index contributed by atoms with van der Waals surface area (Å²) in [4.78, 5) is 78.9. The normalized spacial score (nSPS) is 23.8. The zero-order valence-electron chi connectivity index (χ0n) is 37.7. The van der Waals surface area contributed by atoms with Crippen LogP contribution in [-0.2, 0) is 40.5 Å². The van der Waals surface area contributed by atoms with Crippen molar-refractivity contribution in [3.8, 4) is 17.2 Å². The van der Waals surface area contributed by atoms with E-state index in [1.165, 1.54) is 24.4 Å². The molecule has 6 aliphatic rings. The molecule has 18 nitrogen and oxygen atoms in total. The van der Waals surface area contributed by atoms with Crippen LogP contribution in [0.3, 0.4) is 0 Å². The van der Waals surface area contributed by atoms with E-state index in [2.05, 4.69) is 0 Å². The Morgan fingerprint density at radius 2 is 0.938 bits per heavy atom. The molecular weight excluding hydrogens is 841 g/mol. The van der Waals surface area contributed by atoms with Crippen LogP contribution < -0.4 is 25.8 Å². The molecule has 3 fully saturated rings. The highest BCUT2D eigenvalue weighted by Gasteiger charge is 2.43. The highest BCUT2D eigenvalue weighted by Crippen LogP contribution is 2.32. The summed E-state index contributed by atoms with van der Waals surface area (Å²) in [6.45, 7) is 15.8. The number of carbonyl (C=O) groups excluding carboxylic acids is 3. The molecule has 9 heterocycles. The maximum atomic E-state index is 13.1. The van der Waals surface area contributed by atoms with E-state index < -0.39 is 11.2 Å². The van der Waals surface area contributed by atoms with Crippen LogP contribution >= 0.6 is 0 Å². The van der Waals surface area contributed by atoms with Gasteiger partial charge < -0.3 is 57.2 Å². The third-order valence-corrected chi connectivity index (χ3v) is 12.2. The van der Waals surface area contributed by atoms with Crippen molar-refractivity contribution in [2.24, 2.45) is 0 Å². The van der Waals surface area contributed by atoms with Gasteiger partial charge in [-0.15, -0.1) is 0 Å². The largest absolute Gasteiger partial charge is 0.503 e. The smallest absolute Gasteiger partial charge is 0.276 e. The van der Waals surface area contributed by atoms with Gasteiger partial charge >= 0.3 is 0 Å². The fourth-order valence-electron chi connectivity index (χ4n) is 8.87. The number of nitrogens with zero attached hydrogens (tertiary/aromatic N) is 6. The van der Waals surface area contributed by atoms with E-state index in [1.807, 2.05) is 65.0 Å². The van der Waals surface area contributed by atoms with Crippen LogP contribution in [0.1, 0.15) is 97.8 Å². The van der Waals surface area contributed by atoms with Gasteiger partial charge in [-0.3, -0.25) is 28.8 Å². The first kappa shape index (κ1) is 46.7. The van der Waals surface area contributed by atoms with Gasteiger partial charge in [-0.25, -0.2) is 0 Å². The lowest BCUT2D eigenvalue weighted by Crippen LogP contribution is -2.56. The van der Waals surface area contributed by atoms with Crippen molar-refractivity contribution < 1.29 is 43.2 Å². The average Bonchev–Trinajstić information content (AvgIpc) is 3.30. The van der Waals surface area contributed by atoms with Crippen molar-refractivity contribution >= 4 is 17.7 Å². The number of hydrogen-bond acceptors (Lipinski definition) is 12. The Balaban J connectivity index is 0.000000145. The fourth-order valence-corrected chi connectivity index (χ4v) is 8.87. The molecule has 10 rings (SSSR count). The van der Waals surface area contributed by atoms with Crippen molar-refractivity contribution in [1.29, 1.82) is 0 Å². The van der Waals surface area contributed by atoms with E-state index in [1.54, 1.807) is 47.7 Å². The lowest BCUT2D eigenvalue weighted by molar-refractivity contribution is -0.112. The molecular formula is C47H58N6O12. The molecule has 1 N–H and O–H groups in total. The van der Waals surface area contributed by atoms with E-state index >= 15 is 0 Å². The summed E-state index contributed by atoms with van der Waals surface area (Å²) in [5, 5.41) is 9.77. The molecule has 0 unspecified atom stereocenters. The first-order valence-electron chi connectivity index (χ1n) is 22.4. The molecule has 0 radical (unpaired) electrons. The zero-order valence-corrected chi connectivity index (χ0v) is 37.7.